The molecule has 0 fully saturated rings. The number of aryl methyl sites for hydroxylation is 1. The zero-order valence-corrected chi connectivity index (χ0v) is 11.3. The Labute approximate surface area is 101 Å². The van der Waals surface area contributed by atoms with Crippen LogP contribution in [0.3, 0.4) is 0 Å². The third-order valence-corrected chi connectivity index (χ3v) is 3.76. The maximum absolute atomic E-state index is 8.81. The monoisotopic (exact) mass is 243 g/mol. The van der Waals surface area contributed by atoms with Crippen molar-refractivity contribution in [2.45, 2.75) is 32.9 Å². The lowest BCUT2D eigenvalue weighted by atomic mass is 10.2. The van der Waals surface area contributed by atoms with Crippen molar-refractivity contribution >= 4 is 16.5 Å². The SMILES string of the molecule is Cc1nc(N(C)C)sc1CNC(C)CCO. The van der Waals surface area contributed by atoms with Gasteiger partial charge in [-0.25, -0.2) is 4.98 Å². The minimum atomic E-state index is 0.235. The van der Waals surface area contributed by atoms with Crippen LogP contribution in [0.2, 0.25) is 0 Å². The summed E-state index contributed by atoms with van der Waals surface area (Å²) in [6.07, 6.45) is 0.790. The van der Waals surface area contributed by atoms with Crippen LogP contribution in [0.4, 0.5) is 5.13 Å². The van der Waals surface area contributed by atoms with Gasteiger partial charge in [-0.05, 0) is 20.3 Å². The van der Waals surface area contributed by atoms with Gasteiger partial charge < -0.3 is 15.3 Å². The molecule has 0 spiro atoms. The summed E-state index contributed by atoms with van der Waals surface area (Å²) in [6, 6.07) is 0.342. The molecule has 1 aromatic rings. The molecule has 0 aromatic carbocycles. The number of hydrogen-bond acceptors (Lipinski definition) is 5. The van der Waals surface area contributed by atoms with Gasteiger partial charge in [-0.15, -0.1) is 11.3 Å². The number of aliphatic hydroxyl groups is 1. The highest BCUT2D eigenvalue weighted by molar-refractivity contribution is 7.15. The standard InChI is InChI=1S/C11H21N3OS/c1-8(5-6-15)12-7-10-9(2)13-11(16-10)14(3)4/h8,12,15H,5-7H2,1-4H3. The first-order chi connectivity index (χ1) is 7.54. The summed E-state index contributed by atoms with van der Waals surface area (Å²) in [5.41, 5.74) is 1.09. The second-order valence-corrected chi connectivity index (χ2v) is 5.26. The third kappa shape index (κ3) is 3.73. The summed E-state index contributed by atoms with van der Waals surface area (Å²) in [7, 11) is 4.01. The quantitative estimate of drug-likeness (QED) is 0.792. The molecule has 0 saturated heterocycles. The van der Waals surface area contributed by atoms with Gasteiger partial charge in [-0.2, -0.15) is 0 Å². The molecule has 1 heterocycles. The van der Waals surface area contributed by atoms with Crippen LogP contribution in [0, 0.1) is 6.92 Å². The van der Waals surface area contributed by atoms with E-state index in [-0.39, 0.29) is 6.61 Å². The summed E-state index contributed by atoms with van der Waals surface area (Å²) < 4.78 is 0. The van der Waals surface area contributed by atoms with Crippen molar-refractivity contribution in [1.29, 1.82) is 0 Å². The molecule has 16 heavy (non-hydrogen) atoms. The number of nitrogens with one attached hydrogen (secondary N) is 1. The van der Waals surface area contributed by atoms with Crippen molar-refractivity contribution in [3.8, 4) is 0 Å². The van der Waals surface area contributed by atoms with Gasteiger partial charge in [0.05, 0.1) is 5.69 Å². The fraction of sp³-hybridized carbons (Fsp3) is 0.727. The van der Waals surface area contributed by atoms with Crippen LogP contribution in [0.1, 0.15) is 23.9 Å². The Morgan fingerprint density at radius 3 is 2.69 bits per heavy atom. The van der Waals surface area contributed by atoms with E-state index in [9.17, 15) is 0 Å². The highest BCUT2D eigenvalue weighted by atomic mass is 32.1. The van der Waals surface area contributed by atoms with Crippen LogP contribution in [0.5, 0.6) is 0 Å². The van der Waals surface area contributed by atoms with Gasteiger partial charge >= 0.3 is 0 Å². The Morgan fingerprint density at radius 2 is 2.19 bits per heavy atom. The average Bonchev–Trinajstić information content (AvgIpc) is 2.58. The molecule has 0 saturated carbocycles. The maximum Gasteiger partial charge on any atom is 0.185 e. The molecule has 1 atom stereocenters. The molecule has 4 nitrogen and oxygen atoms in total. The zero-order chi connectivity index (χ0) is 12.1. The van der Waals surface area contributed by atoms with E-state index in [0.717, 1.165) is 23.8 Å². The Hall–Kier alpha value is -0.650. The molecule has 1 aromatic heterocycles. The number of rotatable bonds is 6. The molecule has 5 heteroatoms. The number of aromatic nitrogens is 1. The molecule has 1 rings (SSSR count). The van der Waals surface area contributed by atoms with Crippen molar-refractivity contribution in [2.75, 3.05) is 25.6 Å². The Balaban J connectivity index is 2.53. The van der Waals surface area contributed by atoms with Gasteiger partial charge in [0.15, 0.2) is 5.13 Å². The van der Waals surface area contributed by atoms with Gasteiger partial charge in [0.1, 0.15) is 0 Å². The molecule has 0 aliphatic rings. The fourth-order valence-electron chi connectivity index (χ4n) is 1.33. The molecule has 1 unspecified atom stereocenters. The smallest absolute Gasteiger partial charge is 0.185 e. The number of anilines is 1. The van der Waals surface area contributed by atoms with E-state index in [4.69, 9.17) is 5.11 Å². The van der Waals surface area contributed by atoms with E-state index < -0.39 is 0 Å². The van der Waals surface area contributed by atoms with Crippen molar-refractivity contribution in [3.63, 3.8) is 0 Å². The molecule has 92 valence electrons. The summed E-state index contributed by atoms with van der Waals surface area (Å²) in [4.78, 5) is 7.79. The van der Waals surface area contributed by atoms with E-state index in [1.165, 1.54) is 4.88 Å². The molecule has 0 aliphatic heterocycles. The summed E-state index contributed by atoms with van der Waals surface area (Å²) >= 11 is 1.72. The van der Waals surface area contributed by atoms with Gasteiger partial charge in [0, 0.05) is 38.2 Å². The van der Waals surface area contributed by atoms with Crippen LogP contribution in [0.15, 0.2) is 0 Å². The number of aliphatic hydroxyl groups excluding tert-OH is 1. The van der Waals surface area contributed by atoms with Crippen LogP contribution < -0.4 is 10.2 Å². The highest BCUT2D eigenvalue weighted by Gasteiger charge is 2.09. The first-order valence-corrected chi connectivity index (χ1v) is 6.34. The normalized spacial score (nSPS) is 12.8. The highest BCUT2D eigenvalue weighted by Crippen LogP contribution is 2.24. The van der Waals surface area contributed by atoms with Gasteiger partial charge in [-0.1, -0.05) is 0 Å². The predicted molar refractivity (Wildman–Crippen MR) is 69.2 cm³/mol. The predicted octanol–water partition coefficient (Wildman–Crippen LogP) is 1.38. The molecule has 2 N–H and O–H groups in total. The number of hydrogen-bond donors (Lipinski definition) is 2. The number of thiazole rings is 1. The lowest BCUT2D eigenvalue weighted by molar-refractivity contribution is 0.269. The minimum absolute atomic E-state index is 0.235. The summed E-state index contributed by atoms with van der Waals surface area (Å²) in [6.45, 7) is 5.19. The lowest BCUT2D eigenvalue weighted by Gasteiger charge is -2.11. The molecular weight excluding hydrogens is 222 g/mol. The molecule has 0 amide bonds. The van der Waals surface area contributed by atoms with Crippen molar-refractivity contribution in [1.82, 2.24) is 10.3 Å². The molecule has 0 aliphatic carbocycles. The largest absolute Gasteiger partial charge is 0.396 e. The molecule has 0 bridgehead atoms. The maximum atomic E-state index is 8.81. The molecular formula is C11H21N3OS. The van der Waals surface area contributed by atoms with Gasteiger partial charge in [0.2, 0.25) is 0 Å². The topological polar surface area (TPSA) is 48.4 Å². The third-order valence-electron chi connectivity index (χ3n) is 2.44. The van der Waals surface area contributed by atoms with Crippen molar-refractivity contribution in [3.05, 3.63) is 10.6 Å². The number of nitrogens with zero attached hydrogens (tertiary/aromatic N) is 2. The van der Waals surface area contributed by atoms with Crippen LogP contribution in [0.25, 0.3) is 0 Å². The van der Waals surface area contributed by atoms with E-state index >= 15 is 0 Å². The minimum Gasteiger partial charge on any atom is -0.396 e. The zero-order valence-electron chi connectivity index (χ0n) is 10.4. The van der Waals surface area contributed by atoms with Gasteiger partial charge in [-0.3, -0.25) is 0 Å². The van der Waals surface area contributed by atoms with Crippen LogP contribution in [-0.4, -0.2) is 36.8 Å². The second kappa shape index (κ2) is 6.18. The summed E-state index contributed by atoms with van der Waals surface area (Å²) in [5, 5.41) is 13.2. The van der Waals surface area contributed by atoms with E-state index in [1.807, 2.05) is 25.9 Å². The Morgan fingerprint density at radius 1 is 1.50 bits per heavy atom. The van der Waals surface area contributed by atoms with Crippen LogP contribution in [-0.2, 0) is 6.54 Å². The van der Waals surface area contributed by atoms with Gasteiger partial charge in [0.25, 0.3) is 0 Å². The molecule has 0 radical (unpaired) electrons. The fourth-order valence-corrected chi connectivity index (χ4v) is 2.26. The van der Waals surface area contributed by atoms with Crippen molar-refractivity contribution in [2.24, 2.45) is 0 Å². The van der Waals surface area contributed by atoms with E-state index in [0.29, 0.717) is 6.04 Å². The lowest BCUT2D eigenvalue weighted by Crippen LogP contribution is -2.26. The average molecular weight is 243 g/mol. The Bertz CT molecular complexity index is 325. The van der Waals surface area contributed by atoms with E-state index in [2.05, 4.69) is 17.2 Å². The van der Waals surface area contributed by atoms with E-state index in [1.54, 1.807) is 11.3 Å². The van der Waals surface area contributed by atoms with Crippen molar-refractivity contribution < 1.29 is 5.11 Å². The summed E-state index contributed by atoms with van der Waals surface area (Å²) in [5.74, 6) is 0. The first-order valence-electron chi connectivity index (χ1n) is 5.52. The first kappa shape index (κ1) is 13.4. The van der Waals surface area contributed by atoms with Crippen LogP contribution >= 0.6 is 11.3 Å². The Kier molecular flexibility index (Phi) is 5.18. The second-order valence-electron chi connectivity index (χ2n) is 4.19.